The molecule has 0 saturated carbocycles. The fourth-order valence-electron chi connectivity index (χ4n) is 2.35. The van der Waals surface area contributed by atoms with E-state index in [0.29, 0.717) is 5.92 Å². The molecule has 0 fully saturated rings. The average Bonchev–Trinajstić information content (AvgIpc) is 2.58. The van der Waals surface area contributed by atoms with Crippen LogP contribution in [0.3, 0.4) is 0 Å². The van der Waals surface area contributed by atoms with E-state index in [0.717, 1.165) is 0 Å². The van der Waals surface area contributed by atoms with Gasteiger partial charge in [-0.15, -0.1) is 0 Å². The quantitative estimate of drug-likeness (QED) is 0.730. The minimum Gasteiger partial charge on any atom is -0.304 e. The predicted octanol–water partition coefficient (Wildman–Crippen LogP) is 5.19. The Kier molecular flexibility index (Phi) is 8.45. The Labute approximate surface area is 130 Å². The standard InChI is InChI=1S/C14H14.C6H15N/c1-12(13-8-4-2-5-9-13)14-10-6-3-7-11-14;1-4-7(5-2)6-3/h2-12H,1H3;4-6H2,1-3H3. The third-order valence-corrected chi connectivity index (χ3v) is 3.94. The van der Waals surface area contributed by atoms with E-state index in [1.165, 1.54) is 30.8 Å². The van der Waals surface area contributed by atoms with Gasteiger partial charge in [-0.1, -0.05) is 88.4 Å². The van der Waals surface area contributed by atoms with Crippen LogP contribution in [0.5, 0.6) is 0 Å². The molecule has 21 heavy (non-hydrogen) atoms. The highest BCUT2D eigenvalue weighted by molar-refractivity contribution is 5.31. The minimum atomic E-state index is 0.484. The number of hydrogen-bond donors (Lipinski definition) is 0. The van der Waals surface area contributed by atoms with Gasteiger partial charge in [0, 0.05) is 5.92 Å². The monoisotopic (exact) mass is 283 g/mol. The minimum absolute atomic E-state index is 0.484. The lowest BCUT2D eigenvalue weighted by Crippen LogP contribution is -2.21. The number of nitrogens with zero attached hydrogens (tertiary/aromatic N) is 1. The summed E-state index contributed by atoms with van der Waals surface area (Å²) in [6.45, 7) is 12.4. The molecular weight excluding hydrogens is 254 g/mol. The number of benzene rings is 2. The molecule has 2 aromatic rings. The van der Waals surface area contributed by atoms with E-state index in [1.54, 1.807) is 0 Å². The maximum absolute atomic E-state index is 2.38. The van der Waals surface area contributed by atoms with Crippen LogP contribution in [-0.4, -0.2) is 24.5 Å². The second-order valence-corrected chi connectivity index (χ2v) is 5.16. The third-order valence-electron chi connectivity index (χ3n) is 3.94. The molecule has 0 aliphatic carbocycles. The molecule has 0 radical (unpaired) electrons. The molecule has 0 saturated heterocycles. The largest absolute Gasteiger partial charge is 0.304 e. The normalized spacial score (nSPS) is 10.4. The van der Waals surface area contributed by atoms with Crippen LogP contribution in [0.2, 0.25) is 0 Å². The zero-order valence-corrected chi connectivity index (χ0v) is 13.9. The van der Waals surface area contributed by atoms with Gasteiger partial charge < -0.3 is 4.90 Å². The first-order valence-electron chi connectivity index (χ1n) is 8.05. The van der Waals surface area contributed by atoms with Crippen LogP contribution in [0.25, 0.3) is 0 Å². The Hall–Kier alpha value is -1.60. The van der Waals surface area contributed by atoms with Gasteiger partial charge in [-0.05, 0) is 30.8 Å². The van der Waals surface area contributed by atoms with Gasteiger partial charge in [0.2, 0.25) is 0 Å². The second-order valence-electron chi connectivity index (χ2n) is 5.16. The van der Waals surface area contributed by atoms with Gasteiger partial charge in [-0.25, -0.2) is 0 Å². The van der Waals surface area contributed by atoms with Crippen LogP contribution in [0.15, 0.2) is 60.7 Å². The van der Waals surface area contributed by atoms with Crippen molar-refractivity contribution in [1.82, 2.24) is 4.90 Å². The molecule has 0 bridgehead atoms. The van der Waals surface area contributed by atoms with E-state index in [2.05, 4.69) is 93.3 Å². The molecular formula is C20H29N. The summed E-state index contributed by atoms with van der Waals surface area (Å²) in [6.07, 6.45) is 0. The maximum atomic E-state index is 2.38. The predicted molar refractivity (Wildman–Crippen MR) is 93.9 cm³/mol. The van der Waals surface area contributed by atoms with Crippen molar-refractivity contribution in [3.8, 4) is 0 Å². The molecule has 0 spiro atoms. The zero-order chi connectivity index (χ0) is 15.5. The lowest BCUT2D eigenvalue weighted by atomic mass is 9.93. The number of rotatable bonds is 5. The Morgan fingerprint density at radius 2 is 1.00 bits per heavy atom. The molecule has 0 heterocycles. The van der Waals surface area contributed by atoms with Crippen LogP contribution >= 0.6 is 0 Å². The smallest absolute Gasteiger partial charge is 0.00610 e. The molecule has 1 heteroatoms. The summed E-state index contributed by atoms with van der Waals surface area (Å²) in [5, 5.41) is 0. The van der Waals surface area contributed by atoms with E-state index in [9.17, 15) is 0 Å². The van der Waals surface area contributed by atoms with Gasteiger partial charge in [-0.3, -0.25) is 0 Å². The first kappa shape index (κ1) is 17.5. The van der Waals surface area contributed by atoms with Crippen molar-refractivity contribution < 1.29 is 0 Å². The summed E-state index contributed by atoms with van der Waals surface area (Å²) in [6, 6.07) is 21.2. The van der Waals surface area contributed by atoms with Crippen molar-refractivity contribution in [3.63, 3.8) is 0 Å². The van der Waals surface area contributed by atoms with Gasteiger partial charge in [0.1, 0.15) is 0 Å². The summed E-state index contributed by atoms with van der Waals surface area (Å²) >= 11 is 0. The second kappa shape index (κ2) is 10.2. The van der Waals surface area contributed by atoms with Crippen molar-refractivity contribution in [2.45, 2.75) is 33.6 Å². The van der Waals surface area contributed by atoms with Crippen LogP contribution in [0.4, 0.5) is 0 Å². The fraction of sp³-hybridized carbons (Fsp3) is 0.400. The van der Waals surface area contributed by atoms with Gasteiger partial charge in [0.05, 0.1) is 0 Å². The van der Waals surface area contributed by atoms with Crippen molar-refractivity contribution in [2.75, 3.05) is 19.6 Å². The summed E-state index contributed by atoms with van der Waals surface area (Å²) in [5.41, 5.74) is 2.75. The molecule has 0 amide bonds. The van der Waals surface area contributed by atoms with Crippen LogP contribution in [0, 0.1) is 0 Å². The summed E-state index contributed by atoms with van der Waals surface area (Å²) in [5.74, 6) is 0.484. The first-order chi connectivity index (χ1) is 10.2. The van der Waals surface area contributed by atoms with Crippen molar-refractivity contribution >= 4 is 0 Å². The van der Waals surface area contributed by atoms with Gasteiger partial charge in [0.15, 0.2) is 0 Å². The van der Waals surface area contributed by atoms with Gasteiger partial charge >= 0.3 is 0 Å². The molecule has 0 atom stereocenters. The third kappa shape index (κ3) is 6.14. The highest BCUT2D eigenvalue weighted by atomic mass is 15.1. The van der Waals surface area contributed by atoms with Crippen molar-refractivity contribution in [1.29, 1.82) is 0 Å². The van der Waals surface area contributed by atoms with Crippen molar-refractivity contribution in [3.05, 3.63) is 71.8 Å². The van der Waals surface area contributed by atoms with Crippen LogP contribution < -0.4 is 0 Å². The van der Waals surface area contributed by atoms with Gasteiger partial charge in [0.25, 0.3) is 0 Å². The molecule has 0 N–H and O–H groups in total. The molecule has 1 nitrogen and oxygen atoms in total. The summed E-state index contributed by atoms with van der Waals surface area (Å²) in [4.78, 5) is 2.38. The average molecular weight is 283 g/mol. The molecule has 2 rings (SSSR count). The molecule has 0 aromatic heterocycles. The Balaban J connectivity index is 0.000000270. The highest BCUT2D eigenvalue weighted by Crippen LogP contribution is 2.22. The Morgan fingerprint density at radius 3 is 1.24 bits per heavy atom. The molecule has 0 unspecified atom stereocenters. The van der Waals surface area contributed by atoms with E-state index < -0.39 is 0 Å². The lowest BCUT2D eigenvalue weighted by molar-refractivity contribution is 0.321. The Morgan fingerprint density at radius 1 is 0.667 bits per heavy atom. The van der Waals surface area contributed by atoms with E-state index in [4.69, 9.17) is 0 Å². The molecule has 0 aliphatic heterocycles. The Bertz CT molecular complexity index is 415. The molecule has 0 aliphatic rings. The SMILES string of the molecule is CC(c1ccccc1)c1ccccc1.CCN(CC)CC. The highest BCUT2D eigenvalue weighted by Gasteiger charge is 2.05. The van der Waals surface area contributed by atoms with Crippen molar-refractivity contribution in [2.24, 2.45) is 0 Å². The van der Waals surface area contributed by atoms with Crippen LogP contribution in [0.1, 0.15) is 44.7 Å². The summed E-state index contributed by atoms with van der Waals surface area (Å²) in [7, 11) is 0. The summed E-state index contributed by atoms with van der Waals surface area (Å²) < 4.78 is 0. The number of hydrogen-bond acceptors (Lipinski definition) is 1. The first-order valence-corrected chi connectivity index (χ1v) is 8.05. The molecule has 114 valence electrons. The van der Waals surface area contributed by atoms with Crippen LogP contribution in [-0.2, 0) is 0 Å². The zero-order valence-electron chi connectivity index (χ0n) is 13.9. The lowest BCUT2D eigenvalue weighted by Gasteiger charge is -2.13. The van der Waals surface area contributed by atoms with E-state index in [1.807, 2.05) is 0 Å². The van der Waals surface area contributed by atoms with Gasteiger partial charge in [-0.2, -0.15) is 0 Å². The topological polar surface area (TPSA) is 3.24 Å². The maximum Gasteiger partial charge on any atom is 0.00610 e. The van der Waals surface area contributed by atoms with E-state index in [-0.39, 0.29) is 0 Å². The molecule has 2 aromatic carbocycles. The fourth-order valence-corrected chi connectivity index (χ4v) is 2.35. The van der Waals surface area contributed by atoms with E-state index >= 15 is 0 Å².